The molecule has 0 saturated heterocycles. The minimum atomic E-state index is -1.01. The number of benzene rings is 1. The van der Waals surface area contributed by atoms with Gasteiger partial charge in [-0.2, -0.15) is 5.26 Å². The Morgan fingerprint density at radius 1 is 1.64 bits per heavy atom. The summed E-state index contributed by atoms with van der Waals surface area (Å²) in [4.78, 5) is 10.9. The maximum absolute atomic E-state index is 10.9. The van der Waals surface area contributed by atoms with Crippen LogP contribution in [-0.2, 0) is 6.42 Å². The normalized spacial score (nSPS) is 9.50. The van der Waals surface area contributed by atoms with Crippen molar-refractivity contribution in [3.63, 3.8) is 0 Å². The first-order chi connectivity index (χ1) is 6.61. The van der Waals surface area contributed by atoms with E-state index >= 15 is 0 Å². The standard InChI is InChI=1S/C10H8BrNO2/c1-2-6-3-4-7(5-12)9(11)8(6)10(13)14/h3-4H,2H2,1H3,(H,13,14). The lowest BCUT2D eigenvalue weighted by molar-refractivity contribution is 0.0694. The van der Waals surface area contributed by atoms with Crippen molar-refractivity contribution in [2.45, 2.75) is 13.3 Å². The SMILES string of the molecule is CCc1ccc(C#N)c(Br)c1C(=O)O. The molecule has 1 N–H and O–H groups in total. The number of rotatable bonds is 2. The molecular formula is C10H8BrNO2. The van der Waals surface area contributed by atoms with Crippen LogP contribution in [0, 0.1) is 11.3 Å². The van der Waals surface area contributed by atoms with E-state index in [1.165, 1.54) is 0 Å². The Labute approximate surface area is 90.1 Å². The molecule has 0 aliphatic carbocycles. The van der Waals surface area contributed by atoms with Gasteiger partial charge in [0.2, 0.25) is 0 Å². The van der Waals surface area contributed by atoms with Crippen LogP contribution < -0.4 is 0 Å². The van der Waals surface area contributed by atoms with Crippen LogP contribution in [0.25, 0.3) is 0 Å². The van der Waals surface area contributed by atoms with Gasteiger partial charge in [-0.25, -0.2) is 4.79 Å². The minimum Gasteiger partial charge on any atom is -0.478 e. The summed E-state index contributed by atoms with van der Waals surface area (Å²) in [6, 6.07) is 5.23. The molecule has 1 aromatic rings. The summed E-state index contributed by atoms with van der Waals surface area (Å²) >= 11 is 3.13. The van der Waals surface area contributed by atoms with Gasteiger partial charge in [-0.05, 0) is 34.0 Å². The number of carbonyl (C=O) groups is 1. The minimum absolute atomic E-state index is 0.187. The van der Waals surface area contributed by atoms with Gasteiger partial charge >= 0.3 is 5.97 Å². The number of nitriles is 1. The molecule has 0 fully saturated rings. The molecule has 14 heavy (non-hydrogen) atoms. The fourth-order valence-corrected chi connectivity index (χ4v) is 1.87. The van der Waals surface area contributed by atoms with Gasteiger partial charge < -0.3 is 5.11 Å². The Hall–Kier alpha value is -1.34. The van der Waals surface area contributed by atoms with Crippen molar-refractivity contribution in [2.24, 2.45) is 0 Å². The van der Waals surface area contributed by atoms with E-state index < -0.39 is 5.97 Å². The Kier molecular flexibility index (Phi) is 3.26. The summed E-state index contributed by atoms with van der Waals surface area (Å²) in [5, 5.41) is 17.7. The molecule has 0 unspecified atom stereocenters. The highest BCUT2D eigenvalue weighted by atomic mass is 79.9. The maximum Gasteiger partial charge on any atom is 0.337 e. The van der Waals surface area contributed by atoms with E-state index in [-0.39, 0.29) is 5.56 Å². The van der Waals surface area contributed by atoms with Gasteiger partial charge in [0, 0.05) is 0 Å². The highest BCUT2D eigenvalue weighted by Crippen LogP contribution is 2.25. The second-order valence-electron chi connectivity index (χ2n) is 2.73. The summed E-state index contributed by atoms with van der Waals surface area (Å²) in [5.41, 5.74) is 1.26. The molecule has 3 nitrogen and oxygen atoms in total. The topological polar surface area (TPSA) is 61.1 Å². The summed E-state index contributed by atoms with van der Waals surface area (Å²) in [7, 11) is 0. The smallest absolute Gasteiger partial charge is 0.337 e. The number of carboxylic acids is 1. The van der Waals surface area contributed by atoms with Gasteiger partial charge in [0.05, 0.1) is 15.6 Å². The van der Waals surface area contributed by atoms with E-state index in [2.05, 4.69) is 15.9 Å². The van der Waals surface area contributed by atoms with Crippen molar-refractivity contribution in [1.82, 2.24) is 0 Å². The van der Waals surface area contributed by atoms with E-state index in [9.17, 15) is 4.79 Å². The average molecular weight is 254 g/mol. The third-order valence-corrected chi connectivity index (χ3v) is 2.77. The van der Waals surface area contributed by atoms with Crippen LogP contribution in [0.5, 0.6) is 0 Å². The fraction of sp³-hybridized carbons (Fsp3) is 0.200. The molecular weight excluding hydrogens is 246 g/mol. The number of hydrogen-bond donors (Lipinski definition) is 1. The summed E-state index contributed by atoms with van der Waals surface area (Å²) in [5.74, 6) is -1.01. The number of halogens is 1. The second kappa shape index (κ2) is 4.25. The van der Waals surface area contributed by atoms with Gasteiger partial charge in [0.15, 0.2) is 0 Å². The molecule has 0 aliphatic rings. The Bertz CT molecular complexity index is 421. The quantitative estimate of drug-likeness (QED) is 0.882. The van der Waals surface area contributed by atoms with Gasteiger partial charge in [-0.15, -0.1) is 0 Å². The Balaban J connectivity index is 3.49. The number of nitrogens with zero attached hydrogens (tertiary/aromatic N) is 1. The lowest BCUT2D eigenvalue weighted by Gasteiger charge is -2.06. The number of aromatic carboxylic acids is 1. The zero-order valence-corrected chi connectivity index (χ0v) is 9.13. The van der Waals surface area contributed by atoms with Crippen LogP contribution in [0.3, 0.4) is 0 Å². The van der Waals surface area contributed by atoms with E-state index in [0.29, 0.717) is 16.5 Å². The van der Waals surface area contributed by atoms with Gasteiger partial charge in [0.1, 0.15) is 6.07 Å². The van der Waals surface area contributed by atoms with Crippen molar-refractivity contribution in [2.75, 3.05) is 0 Å². The van der Waals surface area contributed by atoms with E-state index in [0.717, 1.165) is 5.56 Å². The monoisotopic (exact) mass is 253 g/mol. The highest BCUT2D eigenvalue weighted by molar-refractivity contribution is 9.10. The first-order valence-electron chi connectivity index (χ1n) is 4.06. The van der Waals surface area contributed by atoms with Gasteiger partial charge in [-0.3, -0.25) is 0 Å². The van der Waals surface area contributed by atoms with Crippen molar-refractivity contribution in [1.29, 1.82) is 5.26 Å². The molecule has 1 aromatic carbocycles. The van der Waals surface area contributed by atoms with Crippen LogP contribution in [0.1, 0.15) is 28.4 Å². The number of aryl methyl sites for hydroxylation is 1. The third-order valence-electron chi connectivity index (χ3n) is 1.94. The van der Waals surface area contributed by atoms with Crippen molar-refractivity contribution < 1.29 is 9.90 Å². The van der Waals surface area contributed by atoms with Crippen LogP contribution in [-0.4, -0.2) is 11.1 Å². The van der Waals surface area contributed by atoms with Crippen LogP contribution in [0.15, 0.2) is 16.6 Å². The molecule has 0 heterocycles. The van der Waals surface area contributed by atoms with Crippen LogP contribution in [0.2, 0.25) is 0 Å². The van der Waals surface area contributed by atoms with E-state index in [1.54, 1.807) is 12.1 Å². The summed E-state index contributed by atoms with van der Waals surface area (Å²) in [6.45, 7) is 1.88. The lowest BCUT2D eigenvalue weighted by atomic mass is 10.0. The van der Waals surface area contributed by atoms with Gasteiger partial charge in [-0.1, -0.05) is 13.0 Å². The zero-order valence-electron chi connectivity index (χ0n) is 7.54. The predicted octanol–water partition coefficient (Wildman–Crippen LogP) is 2.58. The number of carboxylic acid groups (broad SMARTS) is 1. The molecule has 0 atom stereocenters. The van der Waals surface area contributed by atoms with Crippen LogP contribution in [0.4, 0.5) is 0 Å². The van der Waals surface area contributed by atoms with E-state index in [4.69, 9.17) is 10.4 Å². The molecule has 0 aromatic heterocycles. The van der Waals surface area contributed by atoms with Crippen LogP contribution >= 0.6 is 15.9 Å². The summed E-state index contributed by atoms with van der Waals surface area (Å²) in [6.07, 6.45) is 0.631. The van der Waals surface area contributed by atoms with Gasteiger partial charge in [0.25, 0.3) is 0 Å². The number of hydrogen-bond acceptors (Lipinski definition) is 2. The third kappa shape index (κ3) is 1.78. The zero-order chi connectivity index (χ0) is 10.7. The first-order valence-corrected chi connectivity index (χ1v) is 4.85. The molecule has 0 radical (unpaired) electrons. The maximum atomic E-state index is 10.9. The summed E-state index contributed by atoms with van der Waals surface area (Å²) < 4.78 is 0.367. The van der Waals surface area contributed by atoms with Crippen molar-refractivity contribution >= 4 is 21.9 Å². The Morgan fingerprint density at radius 2 is 2.29 bits per heavy atom. The molecule has 4 heteroatoms. The Morgan fingerprint density at radius 3 is 2.71 bits per heavy atom. The highest BCUT2D eigenvalue weighted by Gasteiger charge is 2.15. The molecule has 72 valence electrons. The van der Waals surface area contributed by atoms with Crippen molar-refractivity contribution in [3.8, 4) is 6.07 Å². The average Bonchev–Trinajstić information content (AvgIpc) is 2.16. The van der Waals surface area contributed by atoms with Crippen molar-refractivity contribution in [3.05, 3.63) is 33.3 Å². The molecule has 0 spiro atoms. The predicted molar refractivity (Wildman–Crippen MR) is 55.2 cm³/mol. The first kappa shape index (κ1) is 10.7. The molecule has 0 bridgehead atoms. The molecule has 1 rings (SSSR count). The largest absolute Gasteiger partial charge is 0.478 e. The lowest BCUT2D eigenvalue weighted by Crippen LogP contribution is -2.04. The van der Waals surface area contributed by atoms with E-state index in [1.807, 2.05) is 13.0 Å². The second-order valence-corrected chi connectivity index (χ2v) is 3.52. The molecule has 0 amide bonds. The fourth-order valence-electron chi connectivity index (χ4n) is 1.23. The molecule has 0 aliphatic heterocycles. The molecule has 0 saturated carbocycles.